The van der Waals surface area contributed by atoms with Gasteiger partial charge in [-0.25, -0.2) is 9.80 Å². The van der Waals surface area contributed by atoms with Gasteiger partial charge in [0.1, 0.15) is 35.4 Å². The first kappa shape index (κ1) is 22.1. The van der Waals surface area contributed by atoms with E-state index in [0.717, 1.165) is 4.90 Å². The van der Waals surface area contributed by atoms with E-state index in [1.165, 1.54) is 48.7 Å². The van der Waals surface area contributed by atoms with E-state index in [2.05, 4.69) is 10.4 Å². The fourth-order valence-corrected chi connectivity index (χ4v) is 4.19. The summed E-state index contributed by atoms with van der Waals surface area (Å²) >= 11 is 0. The molecule has 4 heterocycles. The van der Waals surface area contributed by atoms with Crippen LogP contribution in [-0.2, 0) is 15.1 Å². The number of rotatable bonds is 6. The van der Waals surface area contributed by atoms with Gasteiger partial charge in [-0.05, 0) is 48.9 Å². The highest BCUT2D eigenvalue weighted by atomic mass is 16.6. The lowest BCUT2D eigenvalue weighted by Gasteiger charge is -2.24. The molecule has 0 spiro atoms. The van der Waals surface area contributed by atoms with Crippen molar-refractivity contribution >= 4 is 29.2 Å². The van der Waals surface area contributed by atoms with Crippen LogP contribution in [0.1, 0.15) is 36.5 Å². The van der Waals surface area contributed by atoms with Crippen LogP contribution >= 0.6 is 0 Å². The van der Waals surface area contributed by atoms with Crippen molar-refractivity contribution in [3.8, 4) is 0 Å². The van der Waals surface area contributed by atoms with E-state index < -0.39 is 40.9 Å². The maximum Gasteiger partial charge on any atom is 0.325 e. The molecule has 3 aromatic rings. The summed E-state index contributed by atoms with van der Waals surface area (Å²) in [6.07, 6.45) is 3.31. The third-order valence-electron chi connectivity index (χ3n) is 6.07. The smallest absolute Gasteiger partial charge is 0.325 e. The number of urea groups is 1. The van der Waals surface area contributed by atoms with Gasteiger partial charge in [-0.15, -0.1) is 0 Å². The number of nitrogens with one attached hydrogen (secondary N) is 1. The Balaban J connectivity index is 1.38. The number of furan rings is 2. The number of non-ortho nitro benzene ring substituents is 1. The van der Waals surface area contributed by atoms with Crippen molar-refractivity contribution in [3.05, 3.63) is 88.3 Å². The maximum absolute atomic E-state index is 13.3. The minimum Gasteiger partial charge on any atom is -0.467 e. The van der Waals surface area contributed by atoms with E-state index in [1.54, 1.807) is 24.3 Å². The molecule has 2 unspecified atom stereocenters. The molecule has 2 atom stereocenters. The minimum atomic E-state index is -1.49. The Hall–Kier alpha value is -4.74. The first-order valence-corrected chi connectivity index (χ1v) is 10.6. The Bertz CT molecular complexity index is 1330. The monoisotopic (exact) mass is 477 g/mol. The van der Waals surface area contributed by atoms with Gasteiger partial charge in [0, 0.05) is 18.6 Å². The molecule has 2 aromatic heterocycles. The third kappa shape index (κ3) is 3.74. The molecule has 2 aliphatic rings. The first-order valence-electron chi connectivity index (χ1n) is 10.6. The van der Waals surface area contributed by atoms with Crippen molar-refractivity contribution in [2.24, 2.45) is 5.10 Å². The highest BCUT2D eigenvalue weighted by Crippen LogP contribution is 2.34. The Kier molecular flexibility index (Phi) is 5.20. The molecule has 1 fully saturated rings. The van der Waals surface area contributed by atoms with Crippen molar-refractivity contribution in [1.82, 2.24) is 15.2 Å². The summed E-state index contributed by atoms with van der Waals surface area (Å²) in [5, 5.41) is 19.1. The number of hydrazone groups is 1. The van der Waals surface area contributed by atoms with Crippen LogP contribution in [0, 0.1) is 10.1 Å². The van der Waals surface area contributed by atoms with Crippen molar-refractivity contribution in [2.45, 2.75) is 24.9 Å². The van der Waals surface area contributed by atoms with E-state index in [1.807, 2.05) is 0 Å². The molecule has 0 saturated carbocycles. The van der Waals surface area contributed by atoms with E-state index in [-0.39, 0.29) is 5.69 Å². The third-order valence-corrected chi connectivity index (χ3v) is 6.07. The molecule has 0 aliphatic carbocycles. The van der Waals surface area contributed by atoms with Gasteiger partial charge in [0.15, 0.2) is 0 Å². The summed E-state index contributed by atoms with van der Waals surface area (Å²) in [5.74, 6) is -0.257. The van der Waals surface area contributed by atoms with Gasteiger partial charge < -0.3 is 14.2 Å². The molecular formula is C23H19N5O7. The average Bonchev–Trinajstić information content (AvgIpc) is 3.64. The van der Waals surface area contributed by atoms with Gasteiger partial charge in [-0.3, -0.25) is 24.6 Å². The first-order chi connectivity index (χ1) is 16.8. The number of carbonyl (C=O) groups excluding carboxylic acids is 3. The van der Waals surface area contributed by atoms with Gasteiger partial charge in [0.2, 0.25) is 0 Å². The number of nitrogens with zero attached hydrogens (tertiary/aromatic N) is 4. The second-order valence-electron chi connectivity index (χ2n) is 8.25. The van der Waals surface area contributed by atoms with Gasteiger partial charge in [0.05, 0.1) is 17.4 Å². The molecule has 12 nitrogen and oxygen atoms in total. The van der Waals surface area contributed by atoms with Gasteiger partial charge >= 0.3 is 6.03 Å². The van der Waals surface area contributed by atoms with Crippen molar-refractivity contribution in [2.75, 3.05) is 6.54 Å². The SMILES string of the molecule is CC1(c2ccc([N+](=O)[O-])cc2)NC(=O)N(CC(=O)N2N=C(c3ccco3)CC2c2ccco2)C1=O. The molecule has 1 aromatic carbocycles. The number of amides is 4. The van der Waals surface area contributed by atoms with Crippen molar-refractivity contribution < 1.29 is 28.1 Å². The minimum absolute atomic E-state index is 0.149. The lowest BCUT2D eigenvalue weighted by atomic mass is 9.92. The van der Waals surface area contributed by atoms with E-state index in [4.69, 9.17) is 8.83 Å². The highest BCUT2D eigenvalue weighted by Gasteiger charge is 2.50. The average molecular weight is 477 g/mol. The normalized spacial score (nSPS) is 21.9. The van der Waals surface area contributed by atoms with Gasteiger partial charge in [0.25, 0.3) is 17.5 Å². The second kappa shape index (κ2) is 8.24. The van der Waals surface area contributed by atoms with Crippen LogP contribution in [0.15, 0.2) is 75.0 Å². The van der Waals surface area contributed by atoms with Gasteiger partial charge in [-0.2, -0.15) is 5.10 Å². The molecule has 35 heavy (non-hydrogen) atoms. The zero-order chi connectivity index (χ0) is 24.7. The Morgan fingerprint density at radius 3 is 2.51 bits per heavy atom. The van der Waals surface area contributed by atoms with E-state index in [9.17, 15) is 24.5 Å². The largest absolute Gasteiger partial charge is 0.467 e. The molecule has 1 N–H and O–H groups in total. The summed E-state index contributed by atoms with van der Waals surface area (Å²) in [7, 11) is 0. The van der Waals surface area contributed by atoms with Crippen LogP contribution in [0.25, 0.3) is 0 Å². The lowest BCUT2D eigenvalue weighted by Crippen LogP contribution is -2.43. The van der Waals surface area contributed by atoms with Crippen LogP contribution in [-0.4, -0.2) is 44.9 Å². The number of benzene rings is 1. The summed E-state index contributed by atoms with van der Waals surface area (Å²) < 4.78 is 10.9. The highest BCUT2D eigenvalue weighted by molar-refractivity contribution is 6.09. The zero-order valence-electron chi connectivity index (χ0n) is 18.4. The van der Waals surface area contributed by atoms with Crippen LogP contribution < -0.4 is 5.32 Å². The van der Waals surface area contributed by atoms with E-state index >= 15 is 0 Å². The Morgan fingerprint density at radius 2 is 1.89 bits per heavy atom. The number of carbonyl (C=O) groups is 3. The number of nitro groups is 1. The summed E-state index contributed by atoms with van der Waals surface area (Å²) in [6.45, 7) is 0.924. The second-order valence-corrected chi connectivity index (χ2v) is 8.25. The lowest BCUT2D eigenvalue weighted by molar-refractivity contribution is -0.384. The van der Waals surface area contributed by atoms with Gasteiger partial charge in [-0.1, -0.05) is 0 Å². The molecule has 0 radical (unpaired) electrons. The molecule has 0 bridgehead atoms. The number of hydrogen-bond acceptors (Lipinski definition) is 8. The molecule has 4 amide bonds. The summed E-state index contributed by atoms with van der Waals surface area (Å²) in [5.41, 5.74) is -0.758. The van der Waals surface area contributed by atoms with Crippen molar-refractivity contribution in [3.63, 3.8) is 0 Å². The number of nitro benzene ring substituents is 1. The van der Waals surface area contributed by atoms with Crippen molar-refractivity contribution in [1.29, 1.82) is 0 Å². The standard InChI is InChI=1S/C23H19N5O7/c1-23(14-6-8-15(9-7-14)28(32)33)21(30)26(22(31)24-23)13-20(29)27-17(19-5-3-11-35-19)12-16(25-27)18-4-2-10-34-18/h2-11,17H,12-13H2,1H3,(H,24,31). The van der Waals surface area contributed by atoms with Crippen LogP contribution in [0.2, 0.25) is 0 Å². The maximum atomic E-state index is 13.3. The summed E-state index contributed by atoms with van der Waals surface area (Å²) in [4.78, 5) is 50.4. The zero-order valence-corrected chi connectivity index (χ0v) is 18.4. The number of imide groups is 1. The fraction of sp³-hybridized carbons (Fsp3) is 0.217. The van der Waals surface area contributed by atoms with E-state index in [0.29, 0.717) is 29.2 Å². The molecule has 12 heteroatoms. The van der Waals surface area contributed by atoms with Crippen LogP contribution in [0.4, 0.5) is 10.5 Å². The predicted octanol–water partition coefficient (Wildman–Crippen LogP) is 2.93. The van der Waals surface area contributed by atoms with Crippen LogP contribution in [0.5, 0.6) is 0 Å². The molecule has 2 aliphatic heterocycles. The topological polar surface area (TPSA) is 152 Å². The molecule has 5 rings (SSSR count). The van der Waals surface area contributed by atoms with Crippen LogP contribution in [0.3, 0.4) is 0 Å². The Morgan fingerprint density at radius 1 is 1.17 bits per heavy atom. The Labute approximate surface area is 197 Å². The summed E-state index contributed by atoms with van der Waals surface area (Å²) in [6, 6.07) is 10.8. The molecule has 178 valence electrons. The quantitative estimate of drug-likeness (QED) is 0.325. The molecular weight excluding hydrogens is 458 g/mol. The molecule has 1 saturated heterocycles. The fourth-order valence-electron chi connectivity index (χ4n) is 4.19. The number of hydrogen-bond donors (Lipinski definition) is 1. The predicted molar refractivity (Wildman–Crippen MR) is 119 cm³/mol.